The van der Waals surface area contributed by atoms with Crippen molar-refractivity contribution in [1.82, 2.24) is 20.9 Å². The highest BCUT2D eigenvalue weighted by Crippen LogP contribution is 2.28. The molecule has 13 heteroatoms. The first-order valence-electron chi connectivity index (χ1n) is 18.8. The van der Waals surface area contributed by atoms with Crippen LogP contribution in [0.5, 0.6) is 0 Å². The zero-order valence-electron chi connectivity index (χ0n) is 32.7. The van der Waals surface area contributed by atoms with Crippen molar-refractivity contribution in [2.45, 2.75) is 163 Å². The van der Waals surface area contributed by atoms with Crippen LogP contribution in [0.2, 0.25) is 0 Å². The predicted molar refractivity (Wildman–Crippen MR) is 195 cm³/mol. The molecule has 0 rings (SSSR count). The lowest BCUT2D eigenvalue weighted by atomic mass is 9.85. The fraction of sp³-hybridized carbons (Fsp3) is 0.865. The molecule has 0 aromatic heterocycles. The fourth-order valence-corrected chi connectivity index (χ4v) is 5.86. The van der Waals surface area contributed by atoms with Crippen molar-refractivity contribution in [2.24, 2.45) is 29.4 Å². The molecule has 13 nitrogen and oxygen atoms in total. The SMILES string of the molecule is CCCCCCCCCC[C@@H](OC(=O)CNC(=O)C(C)C)[C@@H](C)C(=O)N(C)C(C)(CC(C)C)C(=O)N[C@H](C(=O)N[C@@H](CO)C(N)O)[C@@H](C)CC. The standard InChI is InChI=1S/C37H71N5O8/c1-11-13-14-15-16-17-18-19-20-29(50-30(44)22-39-33(46)25(5)6)27(8)35(48)42(10)37(9,21-24(3)4)36(49)41-31(26(7)12-2)34(47)40-28(23-43)32(38)45/h24-29,31-32,43,45H,11-23,38H2,1-10H3,(H,39,46)(H,40,47)(H,41,49)/t26-,27+,28-,29+,31-,32?,37?/m0/s1. The number of nitrogens with zero attached hydrogens (tertiary/aromatic N) is 1. The smallest absolute Gasteiger partial charge is 0.325 e. The number of nitrogens with two attached hydrogens (primary N) is 1. The highest BCUT2D eigenvalue weighted by atomic mass is 16.5. The second kappa shape index (κ2) is 24.4. The Morgan fingerprint density at radius 2 is 1.42 bits per heavy atom. The number of aliphatic hydroxyl groups excluding tert-OH is 2. The first-order chi connectivity index (χ1) is 23.4. The summed E-state index contributed by atoms with van der Waals surface area (Å²) in [6.07, 6.45) is 7.58. The normalized spacial score (nSPS) is 16.4. The van der Waals surface area contributed by atoms with Crippen LogP contribution in [0.25, 0.3) is 0 Å². The first kappa shape index (κ1) is 47.2. The van der Waals surface area contributed by atoms with Gasteiger partial charge < -0.3 is 41.5 Å². The summed E-state index contributed by atoms with van der Waals surface area (Å²) in [4.78, 5) is 68.0. The molecule has 0 radical (unpaired) electrons. The molecule has 0 saturated carbocycles. The number of likely N-dealkylation sites (N-methyl/N-ethyl adjacent to an activating group) is 1. The molecule has 292 valence electrons. The Morgan fingerprint density at radius 3 is 1.90 bits per heavy atom. The molecular weight excluding hydrogens is 642 g/mol. The van der Waals surface area contributed by atoms with E-state index in [-0.39, 0.29) is 36.6 Å². The highest BCUT2D eigenvalue weighted by Gasteiger charge is 2.45. The number of esters is 1. The summed E-state index contributed by atoms with van der Waals surface area (Å²) < 4.78 is 5.83. The Morgan fingerprint density at radius 1 is 0.860 bits per heavy atom. The highest BCUT2D eigenvalue weighted by molar-refractivity contribution is 5.95. The summed E-state index contributed by atoms with van der Waals surface area (Å²) in [7, 11) is 1.55. The van der Waals surface area contributed by atoms with E-state index in [1.165, 1.54) is 30.6 Å². The van der Waals surface area contributed by atoms with Gasteiger partial charge in [0.2, 0.25) is 23.6 Å². The predicted octanol–water partition coefficient (Wildman–Crippen LogP) is 3.39. The van der Waals surface area contributed by atoms with E-state index in [1.807, 2.05) is 20.8 Å². The Labute approximate surface area is 301 Å². The Kier molecular flexibility index (Phi) is 23.1. The molecule has 50 heavy (non-hydrogen) atoms. The van der Waals surface area contributed by atoms with Gasteiger partial charge in [0.15, 0.2) is 0 Å². The van der Waals surface area contributed by atoms with Crippen LogP contribution < -0.4 is 21.7 Å². The average Bonchev–Trinajstić information content (AvgIpc) is 3.06. The topological polar surface area (TPSA) is 200 Å². The number of hydrogen-bond donors (Lipinski definition) is 6. The van der Waals surface area contributed by atoms with Crippen LogP contribution in [0.4, 0.5) is 0 Å². The van der Waals surface area contributed by atoms with Crippen LogP contribution in [-0.4, -0.2) is 94.9 Å². The first-order valence-corrected chi connectivity index (χ1v) is 18.8. The summed E-state index contributed by atoms with van der Waals surface area (Å²) >= 11 is 0. The summed E-state index contributed by atoms with van der Waals surface area (Å²) in [6.45, 7) is 15.6. The number of unbranched alkanes of at least 4 members (excludes halogenated alkanes) is 7. The van der Waals surface area contributed by atoms with E-state index in [0.29, 0.717) is 12.8 Å². The summed E-state index contributed by atoms with van der Waals surface area (Å²) in [5, 5.41) is 27.3. The lowest BCUT2D eigenvalue weighted by Crippen LogP contribution is -2.64. The van der Waals surface area contributed by atoms with E-state index in [1.54, 1.807) is 41.7 Å². The van der Waals surface area contributed by atoms with Crippen molar-refractivity contribution in [3.63, 3.8) is 0 Å². The van der Waals surface area contributed by atoms with Gasteiger partial charge in [0, 0.05) is 13.0 Å². The fourth-order valence-electron chi connectivity index (χ4n) is 5.86. The molecule has 0 aliphatic rings. The van der Waals surface area contributed by atoms with E-state index >= 15 is 0 Å². The molecular formula is C37H71N5O8. The van der Waals surface area contributed by atoms with Crippen molar-refractivity contribution in [1.29, 1.82) is 0 Å². The van der Waals surface area contributed by atoms with Crippen molar-refractivity contribution in [3.8, 4) is 0 Å². The third-order valence-corrected chi connectivity index (χ3v) is 9.59. The number of carbonyl (C=O) groups is 5. The Bertz CT molecular complexity index is 1040. The summed E-state index contributed by atoms with van der Waals surface area (Å²) in [5.74, 6) is -3.94. The third-order valence-electron chi connectivity index (χ3n) is 9.59. The van der Waals surface area contributed by atoms with Crippen molar-refractivity contribution < 1.29 is 38.9 Å². The van der Waals surface area contributed by atoms with E-state index in [0.717, 1.165) is 25.7 Å². The van der Waals surface area contributed by atoms with Crippen LogP contribution in [0, 0.1) is 23.7 Å². The minimum atomic E-state index is -1.51. The lowest BCUT2D eigenvalue weighted by molar-refractivity contribution is -0.160. The molecule has 0 bridgehead atoms. The van der Waals surface area contributed by atoms with Gasteiger partial charge >= 0.3 is 5.97 Å². The van der Waals surface area contributed by atoms with E-state index in [4.69, 9.17) is 10.5 Å². The third kappa shape index (κ3) is 16.5. The maximum Gasteiger partial charge on any atom is 0.325 e. The molecule has 7 atom stereocenters. The molecule has 4 amide bonds. The van der Waals surface area contributed by atoms with Crippen LogP contribution in [-0.2, 0) is 28.7 Å². The van der Waals surface area contributed by atoms with E-state index in [2.05, 4.69) is 22.9 Å². The molecule has 0 aliphatic carbocycles. The van der Waals surface area contributed by atoms with Gasteiger partial charge in [-0.3, -0.25) is 24.0 Å². The monoisotopic (exact) mass is 714 g/mol. The molecule has 7 N–H and O–H groups in total. The minimum Gasteiger partial charge on any atom is -0.460 e. The molecule has 0 aromatic carbocycles. The second-order valence-electron chi connectivity index (χ2n) is 14.8. The van der Waals surface area contributed by atoms with E-state index in [9.17, 15) is 34.2 Å². The molecule has 0 aromatic rings. The zero-order chi connectivity index (χ0) is 38.6. The Balaban J connectivity index is 6.17. The number of rotatable bonds is 26. The quantitative estimate of drug-likeness (QED) is 0.0442. The maximum atomic E-state index is 14.2. The van der Waals surface area contributed by atoms with Crippen molar-refractivity contribution >= 4 is 29.6 Å². The van der Waals surface area contributed by atoms with Gasteiger partial charge in [-0.2, -0.15) is 0 Å². The van der Waals surface area contributed by atoms with Crippen LogP contribution in [0.15, 0.2) is 0 Å². The number of amides is 4. The second-order valence-corrected chi connectivity index (χ2v) is 14.8. The number of ether oxygens (including phenoxy) is 1. The lowest BCUT2D eigenvalue weighted by Gasteiger charge is -2.42. The number of hydrogen-bond acceptors (Lipinski definition) is 9. The Hall–Kier alpha value is -2.77. The molecule has 0 saturated heterocycles. The minimum absolute atomic E-state index is 0.0196. The molecule has 0 fully saturated rings. The van der Waals surface area contributed by atoms with Gasteiger partial charge in [-0.05, 0) is 38.0 Å². The van der Waals surface area contributed by atoms with E-state index < -0.39 is 66.2 Å². The van der Waals surface area contributed by atoms with Crippen molar-refractivity contribution in [2.75, 3.05) is 20.2 Å². The largest absolute Gasteiger partial charge is 0.460 e. The number of nitrogens with one attached hydrogen (secondary N) is 3. The molecule has 2 unspecified atom stereocenters. The van der Waals surface area contributed by atoms with Gasteiger partial charge in [0.25, 0.3) is 0 Å². The van der Waals surface area contributed by atoms with Crippen LogP contribution in [0.3, 0.4) is 0 Å². The zero-order valence-corrected chi connectivity index (χ0v) is 32.7. The summed E-state index contributed by atoms with van der Waals surface area (Å²) in [5.41, 5.74) is 4.10. The number of aliphatic hydroxyl groups is 2. The van der Waals surface area contributed by atoms with Gasteiger partial charge in [0.05, 0.1) is 18.6 Å². The molecule has 0 aliphatic heterocycles. The maximum absolute atomic E-state index is 14.2. The molecule has 0 spiro atoms. The van der Waals surface area contributed by atoms with Gasteiger partial charge in [0.1, 0.15) is 30.5 Å². The molecule has 0 heterocycles. The average molecular weight is 714 g/mol. The van der Waals surface area contributed by atoms with Crippen molar-refractivity contribution in [3.05, 3.63) is 0 Å². The van der Waals surface area contributed by atoms with Crippen LogP contribution in [0.1, 0.15) is 133 Å². The van der Waals surface area contributed by atoms with Gasteiger partial charge in [-0.15, -0.1) is 0 Å². The number of carbonyl (C=O) groups excluding carboxylic acids is 5. The van der Waals surface area contributed by atoms with Gasteiger partial charge in [-0.1, -0.05) is 107 Å². The summed E-state index contributed by atoms with van der Waals surface area (Å²) in [6, 6.07) is -2.16. The van der Waals surface area contributed by atoms with Crippen LogP contribution >= 0.6 is 0 Å². The van der Waals surface area contributed by atoms with Gasteiger partial charge in [-0.25, -0.2) is 0 Å².